The summed E-state index contributed by atoms with van der Waals surface area (Å²) >= 11 is 0. The third kappa shape index (κ3) is 7.41. The molecule has 3 aromatic heterocycles. The zero-order valence-corrected chi connectivity index (χ0v) is 36.0. The molecule has 9 rings (SSSR count). The van der Waals surface area contributed by atoms with Crippen LogP contribution in [0.2, 0.25) is 0 Å². The minimum atomic E-state index is -4.94. The molecule has 15 heteroatoms. The van der Waals surface area contributed by atoms with Gasteiger partial charge in [0.1, 0.15) is 5.69 Å². The standard InChI is InChI=1S/C51H35F3N6O6/c1-23-16-31(57-55-27(23)5)20-38-26(4)46(62)40-17-28(10-13-35(40)50(38)66)43-15-12-30(56-59-43)19-37-25(3)47(63)41-18-29(11-14-36(41)49(37)65)44-42(51(52,53)54)22-32(58-60-44)21-39-24(2)45(61)33-8-6-7-9-34(33)48(39)64/h6-18,22H,19-21H2,1-5H3. The first-order chi connectivity index (χ1) is 31.4. The summed E-state index contributed by atoms with van der Waals surface area (Å²) in [6, 6.07) is 20.7. The number of hydrogen-bond acceptors (Lipinski definition) is 12. The average Bonchev–Trinajstić information content (AvgIpc) is 3.31. The quantitative estimate of drug-likeness (QED) is 0.142. The van der Waals surface area contributed by atoms with Crippen LogP contribution in [0.15, 0.2) is 118 Å². The van der Waals surface area contributed by atoms with Gasteiger partial charge in [0.05, 0.1) is 34.0 Å². The summed E-state index contributed by atoms with van der Waals surface area (Å²) in [5.74, 6) is -2.55. The van der Waals surface area contributed by atoms with E-state index in [0.29, 0.717) is 33.8 Å². The van der Waals surface area contributed by atoms with Crippen LogP contribution in [-0.2, 0) is 25.4 Å². The first-order valence-electron chi connectivity index (χ1n) is 20.7. The lowest BCUT2D eigenvalue weighted by molar-refractivity contribution is -0.137. The molecule has 0 saturated heterocycles. The highest BCUT2D eigenvalue weighted by Gasteiger charge is 2.38. The zero-order chi connectivity index (χ0) is 46.9. The number of halogens is 3. The maximum atomic E-state index is 14.7. The summed E-state index contributed by atoms with van der Waals surface area (Å²) in [5, 5.41) is 24.9. The van der Waals surface area contributed by atoms with Crippen molar-refractivity contribution in [2.24, 2.45) is 0 Å². The highest BCUT2D eigenvalue weighted by molar-refractivity contribution is 6.28. The van der Waals surface area contributed by atoms with Crippen molar-refractivity contribution < 1.29 is 41.9 Å². The van der Waals surface area contributed by atoms with Crippen LogP contribution in [-0.4, -0.2) is 65.3 Å². The van der Waals surface area contributed by atoms with Crippen LogP contribution < -0.4 is 0 Å². The van der Waals surface area contributed by atoms with Crippen LogP contribution in [0.5, 0.6) is 0 Å². The minimum absolute atomic E-state index is 0.0148. The summed E-state index contributed by atoms with van der Waals surface area (Å²) in [4.78, 5) is 81.2. The van der Waals surface area contributed by atoms with Gasteiger partial charge in [-0.1, -0.05) is 36.4 Å². The van der Waals surface area contributed by atoms with Crippen LogP contribution in [0.25, 0.3) is 22.5 Å². The van der Waals surface area contributed by atoms with E-state index in [2.05, 4.69) is 30.6 Å². The van der Waals surface area contributed by atoms with Gasteiger partial charge in [-0.3, -0.25) is 28.8 Å². The number of Topliss-reactive ketones (excluding diaryl/α,β-unsaturated/α-hetero) is 6. The first kappa shape index (κ1) is 43.2. The van der Waals surface area contributed by atoms with Crippen LogP contribution >= 0.6 is 0 Å². The fourth-order valence-corrected chi connectivity index (χ4v) is 8.49. The molecular formula is C51H35F3N6O6. The monoisotopic (exact) mass is 884 g/mol. The van der Waals surface area contributed by atoms with Gasteiger partial charge in [0.15, 0.2) is 34.7 Å². The number of hydrogen-bond donors (Lipinski definition) is 0. The normalized spacial score (nSPS) is 15.2. The molecule has 66 heavy (non-hydrogen) atoms. The van der Waals surface area contributed by atoms with Crippen molar-refractivity contribution in [2.45, 2.75) is 60.1 Å². The predicted octanol–water partition coefficient (Wildman–Crippen LogP) is 8.84. The first-order valence-corrected chi connectivity index (χ1v) is 20.7. The summed E-state index contributed by atoms with van der Waals surface area (Å²) < 4.78 is 44.0. The molecule has 0 N–H and O–H groups in total. The molecule has 0 unspecified atom stereocenters. The van der Waals surface area contributed by atoms with Crippen molar-refractivity contribution in [2.75, 3.05) is 0 Å². The molecule has 326 valence electrons. The number of rotatable bonds is 8. The van der Waals surface area contributed by atoms with E-state index in [1.807, 2.05) is 19.9 Å². The van der Waals surface area contributed by atoms with Crippen LogP contribution in [0, 0.1) is 13.8 Å². The van der Waals surface area contributed by atoms with E-state index in [1.54, 1.807) is 49.4 Å². The van der Waals surface area contributed by atoms with E-state index in [9.17, 15) is 41.9 Å². The Morgan fingerprint density at radius 3 is 1.41 bits per heavy atom. The highest BCUT2D eigenvalue weighted by atomic mass is 19.4. The second-order valence-corrected chi connectivity index (χ2v) is 16.5. The Bertz CT molecular complexity index is 3330. The largest absolute Gasteiger partial charge is 0.418 e. The van der Waals surface area contributed by atoms with E-state index in [4.69, 9.17) is 0 Å². The molecule has 12 nitrogen and oxygen atoms in total. The number of carbonyl (C=O) groups is 6. The summed E-state index contributed by atoms with van der Waals surface area (Å²) in [6.45, 7) is 8.25. The Morgan fingerprint density at radius 1 is 0.424 bits per heavy atom. The molecular weight excluding hydrogens is 850 g/mol. The van der Waals surface area contributed by atoms with Crippen molar-refractivity contribution in [3.63, 3.8) is 0 Å². The van der Waals surface area contributed by atoms with E-state index >= 15 is 0 Å². The molecule has 0 radical (unpaired) electrons. The Hall–Kier alpha value is -8.07. The lowest BCUT2D eigenvalue weighted by Crippen LogP contribution is -2.23. The molecule has 0 spiro atoms. The van der Waals surface area contributed by atoms with Crippen molar-refractivity contribution in [1.29, 1.82) is 0 Å². The second-order valence-electron chi connectivity index (χ2n) is 16.5. The number of fused-ring (bicyclic) bond motifs is 3. The number of allylic oxidation sites excluding steroid dienone is 6. The molecule has 0 saturated carbocycles. The van der Waals surface area contributed by atoms with E-state index in [-0.39, 0.29) is 97.8 Å². The van der Waals surface area contributed by atoms with Crippen molar-refractivity contribution >= 4 is 34.7 Å². The Morgan fingerprint density at radius 2 is 0.879 bits per heavy atom. The van der Waals surface area contributed by atoms with Gasteiger partial charge in [-0.25, -0.2) is 0 Å². The lowest BCUT2D eigenvalue weighted by Gasteiger charge is -2.21. The highest BCUT2D eigenvalue weighted by Crippen LogP contribution is 2.39. The van der Waals surface area contributed by atoms with E-state index in [0.717, 1.165) is 17.3 Å². The van der Waals surface area contributed by atoms with Crippen molar-refractivity contribution in [3.8, 4) is 22.5 Å². The Balaban J connectivity index is 0.936. The van der Waals surface area contributed by atoms with Crippen LogP contribution in [0.3, 0.4) is 0 Å². The van der Waals surface area contributed by atoms with Gasteiger partial charge in [0, 0.05) is 97.2 Å². The smallest absolute Gasteiger partial charge is 0.289 e. The fraction of sp³-hybridized carbons (Fsp3) is 0.176. The van der Waals surface area contributed by atoms with Crippen LogP contribution in [0.1, 0.15) is 117 Å². The number of aryl methyl sites for hydroxylation is 2. The topological polar surface area (TPSA) is 180 Å². The van der Waals surface area contributed by atoms with Gasteiger partial charge >= 0.3 is 6.18 Å². The fourth-order valence-electron chi connectivity index (χ4n) is 8.49. The summed E-state index contributed by atoms with van der Waals surface area (Å²) in [7, 11) is 0. The maximum absolute atomic E-state index is 14.7. The average molecular weight is 885 g/mol. The van der Waals surface area contributed by atoms with E-state index in [1.165, 1.54) is 44.2 Å². The Kier molecular flexibility index (Phi) is 10.6. The number of aromatic nitrogens is 6. The number of benzene rings is 3. The van der Waals surface area contributed by atoms with Gasteiger partial charge < -0.3 is 0 Å². The number of alkyl halides is 3. The SMILES string of the molecule is CC1=C(Cc2ccc(-c3ccc4c(c3)C(=O)C(C)=C(Cc3cc(C)c(C)nn3)C4=O)nn2)C(=O)c2ccc(-c3nnc(CC4=C(C)C(=O)c5ccccc5C4=O)cc3C(F)(F)F)cc2C1=O. The number of carbonyl (C=O) groups excluding carboxylic acids is 6. The van der Waals surface area contributed by atoms with E-state index < -0.39 is 40.6 Å². The van der Waals surface area contributed by atoms with Crippen molar-refractivity contribution in [3.05, 3.63) is 186 Å². The summed E-state index contributed by atoms with van der Waals surface area (Å²) in [5.41, 5.74) is 3.20. The maximum Gasteiger partial charge on any atom is 0.418 e. The van der Waals surface area contributed by atoms with Crippen LogP contribution in [0.4, 0.5) is 13.2 Å². The summed E-state index contributed by atoms with van der Waals surface area (Å²) in [6.07, 6.45) is -5.23. The number of ketones is 6. The van der Waals surface area contributed by atoms with Gasteiger partial charge in [0.2, 0.25) is 0 Å². The zero-order valence-electron chi connectivity index (χ0n) is 36.0. The number of nitrogens with zero attached hydrogens (tertiary/aromatic N) is 6. The molecule has 3 aromatic carbocycles. The minimum Gasteiger partial charge on any atom is -0.289 e. The van der Waals surface area contributed by atoms with Gasteiger partial charge in [-0.2, -0.15) is 38.7 Å². The van der Waals surface area contributed by atoms with Gasteiger partial charge in [0.25, 0.3) is 0 Å². The molecule has 0 atom stereocenters. The van der Waals surface area contributed by atoms with Gasteiger partial charge in [-0.05, 0) is 88.7 Å². The molecule has 6 aromatic rings. The third-order valence-electron chi connectivity index (χ3n) is 12.4. The van der Waals surface area contributed by atoms with Gasteiger partial charge in [-0.15, -0.1) is 5.10 Å². The third-order valence-corrected chi connectivity index (χ3v) is 12.4. The lowest BCUT2D eigenvalue weighted by atomic mass is 9.81. The molecule has 3 heterocycles. The predicted molar refractivity (Wildman–Crippen MR) is 233 cm³/mol. The molecule has 0 bridgehead atoms. The second kappa shape index (κ2) is 16.2. The molecule has 0 aliphatic heterocycles. The Labute approximate surface area is 374 Å². The molecule has 3 aliphatic rings. The molecule has 3 aliphatic carbocycles. The molecule has 0 amide bonds. The van der Waals surface area contributed by atoms with Crippen molar-refractivity contribution in [1.82, 2.24) is 30.6 Å². The molecule has 0 fully saturated rings.